The number of rotatable bonds is 15. The van der Waals surface area contributed by atoms with Crippen molar-refractivity contribution in [2.24, 2.45) is 0 Å². The molecule has 4 N–H and O–H groups in total. The molecule has 0 bridgehead atoms. The average Bonchev–Trinajstić information content (AvgIpc) is 2.50. The van der Waals surface area contributed by atoms with Crippen LogP contribution >= 0.6 is 7.82 Å². The van der Waals surface area contributed by atoms with Crippen molar-refractivity contribution in [3.05, 3.63) is 0 Å². The number of unbranched alkanes of at least 4 members (excludes halogenated alkanes) is 12. The van der Waals surface area contributed by atoms with Gasteiger partial charge in [0.15, 0.2) is 0 Å². The highest BCUT2D eigenvalue weighted by Crippen LogP contribution is 2.25. The first-order chi connectivity index (χ1) is 11.3. The third kappa shape index (κ3) is 33.6. The van der Waals surface area contributed by atoms with E-state index in [0.29, 0.717) is 0 Å². The maximum absolute atomic E-state index is 9.44. The SMILES string of the molecule is CCCCCCCCCCCCCCCC(O)CC.O=P(O)(O)O. The molecular formula is C18H41O5P. The summed E-state index contributed by atoms with van der Waals surface area (Å²) >= 11 is 0. The lowest BCUT2D eigenvalue weighted by Crippen LogP contribution is -2.03. The molecule has 0 spiro atoms. The second-order valence-corrected chi connectivity index (χ2v) is 7.63. The normalized spacial score (nSPS) is 12.6. The molecule has 0 saturated heterocycles. The Morgan fingerprint density at radius 2 is 0.958 bits per heavy atom. The van der Waals surface area contributed by atoms with Crippen LogP contribution in [0.5, 0.6) is 0 Å². The van der Waals surface area contributed by atoms with Crippen molar-refractivity contribution in [2.45, 2.75) is 116 Å². The van der Waals surface area contributed by atoms with Gasteiger partial charge in [0, 0.05) is 0 Å². The van der Waals surface area contributed by atoms with Gasteiger partial charge in [0.2, 0.25) is 0 Å². The summed E-state index contributed by atoms with van der Waals surface area (Å²) in [5.41, 5.74) is 0. The van der Waals surface area contributed by atoms with E-state index in [9.17, 15) is 5.11 Å². The summed E-state index contributed by atoms with van der Waals surface area (Å²) in [6, 6.07) is 0. The largest absolute Gasteiger partial charge is 0.466 e. The van der Waals surface area contributed by atoms with Crippen LogP contribution in [-0.4, -0.2) is 25.9 Å². The molecule has 0 heterocycles. The standard InChI is InChI=1S/C18H38O.H3O4P/c1-3-5-6-7-8-9-10-11-12-13-14-15-16-17-18(19)4-2;1-5(2,3)4/h18-19H,3-17H2,1-2H3;(H3,1,2,3,4). The fraction of sp³-hybridized carbons (Fsp3) is 1.00. The number of aliphatic hydroxyl groups is 1. The van der Waals surface area contributed by atoms with Crippen molar-refractivity contribution >= 4 is 7.82 Å². The zero-order valence-electron chi connectivity index (χ0n) is 15.8. The highest BCUT2D eigenvalue weighted by atomic mass is 31.2. The second kappa shape index (κ2) is 19.4. The van der Waals surface area contributed by atoms with Crippen LogP contribution in [0.15, 0.2) is 0 Å². The van der Waals surface area contributed by atoms with E-state index in [4.69, 9.17) is 19.2 Å². The molecule has 0 aliphatic carbocycles. The third-order valence-corrected chi connectivity index (χ3v) is 4.11. The average molecular weight is 368 g/mol. The Labute approximate surface area is 149 Å². The van der Waals surface area contributed by atoms with Gasteiger partial charge < -0.3 is 19.8 Å². The van der Waals surface area contributed by atoms with Crippen molar-refractivity contribution in [3.8, 4) is 0 Å². The van der Waals surface area contributed by atoms with Gasteiger partial charge in [-0.3, -0.25) is 0 Å². The van der Waals surface area contributed by atoms with Gasteiger partial charge in [0.05, 0.1) is 6.10 Å². The van der Waals surface area contributed by atoms with Crippen molar-refractivity contribution < 1.29 is 24.4 Å². The summed E-state index contributed by atoms with van der Waals surface area (Å²) in [6.45, 7) is 4.34. The fourth-order valence-electron chi connectivity index (χ4n) is 2.60. The van der Waals surface area contributed by atoms with E-state index in [0.717, 1.165) is 12.8 Å². The van der Waals surface area contributed by atoms with E-state index in [1.807, 2.05) is 0 Å². The first kappa shape index (κ1) is 26.3. The fourth-order valence-corrected chi connectivity index (χ4v) is 2.60. The molecule has 0 aromatic rings. The van der Waals surface area contributed by atoms with Gasteiger partial charge in [-0.05, 0) is 12.8 Å². The van der Waals surface area contributed by atoms with E-state index in [1.165, 1.54) is 83.5 Å². The topological polar surface area (TPSA) is 98.0 Å². The Morgan fingerprint density at radius 1 is 0.667 bits per heavy atom. The minimum atomic E-state index is -4.64. The molecule has 1 atom stereocenters. The summed E-state index contributed by atoms with van der Waals surface area (Å²) < 4.78 is 8.88. The highest BCUT2D eigenvalue weighted by Gasteiger charge is 2.00. The maximum Gasteiger partial charge on any atom is 0.466 e. The van der Waals surface area contributed by atoms with Gasteiger partial charge in [-0.15, -0.1) is 0 Å². The van der Waals surface area contributed by atoms with Crippen LogP contribution in [0.3, 0.4) is 0 Å². The van der Waals surface area contributed by atoms with Crippen LogP contribution < -0.4 is 0 Å². The minimum absolute atomic E-state index is 0.0484. The minimum Gasteiger partial charge on any atom is -0.393 e. The summed E-state index contributed by atoms with van der Waals surface area (Å²) in [7, 11) is -4.64. The predicted octanol–water partition coefficient (Wildman–Crippen LogP) is 5.31. The number of hydrogen-bond donors (Lipinski definition) is 4. The van der Waals surface area contributed by atoms with Crippen molar-refractivity contribution in [1.82, 2.24) is 0 Å². The van der Waals surface area contributed by atoms with Crippen LogP contribution in [0, 0.1) is 0 Å². The molecule has 0 amide bonds. The van der Waals surface area contributed by atoms with Gasteiger partial charge >= 0.3 is 7.82 Å². The molecule has 0 aliphatic heterocycles. The Hall–Kier alpha value is 0.0700. The Bertz CT molecular complexity index is 272. The Balaban J connectivity index is 0. The molecular weight excluding hydrogens is 327 g/mol. The molecule has 0 saturated carbocycles. The third-order valence-electron chi connectivity index (χ3n) is 4.11. The van der Waals surface area contributed by atoms with Gasteiger partial charge in [-0.25, -0.2) is 4.57 Å². The monoisotopic (exact) mass is 368 g/mol. The Kier molecular flexibility index (Phi) is 21.3. The van der Waals surface area contributed by atoms with E-state index in [-0.39, 0.29) is 6.10 Å². The van der Waals surface area contributed by atoms with Gasteiger partial charge in [-0.1, -0.05) is 97.3 Å². The summed E-state index contributed by atoms with van der Waals surface area (Å²) in [4.78, 5) is 21.6. The molecule has 1 unspecified atom stereocenters. The molecule has 0 aliphatic rings. The molecule has 0 aromatic carbocycles. The maximum atomic E-state index is 9.44. The molecule has 6 heteroatoms. The van der Waals surface area contributed by atoms with E-state index in [1.54, 1.807) is 0 Å². The quantitative estimate of drug-likeness (QED) is 0.232. The second-order valence-electron chi connectivity index (χ2n) is 6.61. The molecule has 0 rings (SSSR count). The van der Waals surface area contributed by atoms with E-state index < -0.39 is 7.82 Å². The first-order valence-corrected chi connectivity index (χ1v) is 11.3. The number of aliphatic hydroxyl groups excluding tert-OH is 1. The van der Waals surface area contributed by atoms with E-state index in [2.05, 4.69) is 13.8 Å². The predicted molar refractivity (Wildman–Crippen MR) is 101 cm³/mol. The summed E-state index contributed by atoms with van der Waals surface area (Å²) in [6.07, 6.45) is 20.1. The van der Waals surface area contributed by atoms with Crippen molar-refractivity contribution in [1.29, 1.82) is 0 Å². The number of hydrogen-bond acceptors (Lipinski definition) is 2. The lowest BCUT2D eigenvalue weighted by Gasteiger charge is -2.06. The summed E-state index contributed by atoms with van der Waals surface area (Å²) in [5.74, 6) is 0. The zero-order valence-corrected chi connectivity index (χ0v) is 16.7. The van der Waals surface area contributed by atoms with Gasteiger partial charge in [0.1, 0.15) is 0 Å². The zero-order chi connectivity index (χ0) is 18.7. The lowest BCUT2D eigenvalue weighted by atomic mass is 10.0. The molecule has 0 aromatic heterocycles. The van der Waals surface area contributed by atoms with Crippen molar-refractivity contribution in [3.63, 3.8) is 0 Å². The number of phosphoric acid groups is 1. The van der Waals surface area contributed by atoms with Gasteiger partial charge in [-0.2, -0.15) is 0 Å². The van der Waals surface area contributed by atoms with Crippen LogP contribution in [0.1, 0.15) is 110 Å². The molecule has 5 nitrogen and oxygen atoms in total. The van der Waals surface area contributed by atoms with E-state index >= 15 is 0 Å². The lowest BCUT2D eigenvalue weighted by molar-refractivity contribution is 0.156. The highest BCUT2D eigenvalue weighted by molar-refractivity contribution is 7.45. The Morgan fingerprint density at radius 3 is 1.25 bits per heavy atom. The van der Waals surface area contributed by atoms with Crippen LogP contribution in [0.25, 0.3) is 0 Å². The molecule has 0 radical (unpaired) electrons. The summed E-state index contributed by atoms with van der Waals surface area (Å²) in [5, 5.41) is 9.44. The molecule has 24 heavy (non-hydrogen) atoms. The smallest absolute Gasteiger partial charge is 0.393 e. The first-order valence-electron chi connectivity index (χ1n) is 9.77. The van der Waals surface area contributed by atoms with Crippen LogP contribution in [-0.2, 0) is 4.57 Å². The molecule has 0 fully saturated rings. The van der Waals surface area contributed by atoms with Crippen LogP contribution in [0.2, 0.25) is 0 Å². The molecule has 148 valence electrons. The van der Waals surface area contributed by atoms with Crippen LogP contribution in [0.4, 0.5) is 0 Å². The van der Waals surface area contributed by atoms with Gasteiger partial charge in [0.25, 0.3) is 0 Å². The van der Waals surface area contributed by atoms with Crippen molar-refractivity contribution in [2.75, 3.05) is 0 Å².